The molecule has 1 rings (SSSR count). The smallest absolute Gasteiger partial charge is 0.361 e. The molecule has 9 nitrogen and oxygen atoms in total. The predicted molar refractivity (Wildman–Crippen MR) is 58.7 cm³/mol. The van der Waals surface area contributed by atoms with Crippen LogP contribution in [-0.4, -0.2) is 39.5 Å². The van der Waals surface area contributed by atoms with E-state index in [1.807, 2.05) is 0 Å². The number of carbonyl (C=O) groups excluding carboxylic acids is 3. The number of carbonyl (C=O) groups is 3. The van der Waals surface area contributed by atoms with Gasteiger partial charge >= 0.3 is 12.0 Å². The van der Waals surface area contributed by atoms with Gasteiger partial charge in [-0.3, -0.25) is 10.1 Å². The molecular weight excluding hydrogens is 280 g/mol. The van der Waals surface area contributed by atoms with Crippen LogP contribution in [0.4, 0.5) is 13.6 Å². The molecule has 0 saturated carbocycles. The maximum Gasteiger partial charge on any atom is 0.361 e. The Morgan fingerprint density at radius 3 is 2.60 bits per heavy atom. The van der Waals surface area contributed by atoms with Crippen LogP contribution >= 0.6 is 0 Å². The second-order valence-corrected chi connectivity index (χ2v) is 3.41. The van der Waals surface area contributed by atoms with Gasteiger partial charge in [0.15, 0.2) is 5.69 Å². The molecule has 0 fully saturated rings. The molecule has 3 amide bonds. The summed E-state index contributed by atoms with van der Waals surface area (Å²) in [7, 11) is 0. The van der Waals surface area contributed by atoms with Crippen molar-refractivity contribution in [1.29, 1.82) is 0 Å². The second kappa shape index (κ2) is 6.54. The van der Waals surface area contributed by atoms with Crippen LogP contribution < -0.4 is 11.1 Å². The van der Waals surface area contributed by atoms with E-state index in [4.69, 9.17) is 5.73 Å². The summed E-state index contributed by atoms with van der Waals surface area (Å²) in [5.41, 5.74) is 3.14. The minimum atomic E-state index is -3.11. The second-order valence-electron chi connectivity index (χ2n) is 3.41. The van der Waals surface area contributed by atoms with Gasteiger partial charge in [0.2, 0.25) is 5.91 Å². The predicted octanol–water partition coefficient (Wildman–Crippen LogP) is -0.413. The zero-order valence-electron chi connectivity index (χ0n) is 10.3. The Bertz CT molecular complexity index is 530. The van der Waals surface area contributed by atoms with Crippen molar-refractivity contribution < 1.29 is 27.9 Å². The first-order chi connectivity index (χ1) is 9.36. The molecule has 0 aliphatic heterocycles. The number of nitrogens with zero attached hydrogens (tertiary/aromatic N) is 3. The summed E-state index contributed by atoms with van der Waals surface area (Å²) in [6, 6.07) is -1.14. The van der Waals surface area contributed by atoms with E-state index in [1.54, 1.807) is 5.32 Å². The molecule has 1 heterocycles. The van der Waals surface area contributed by atoms with Gasteiger partial charge in [0.05, 0.1) is 6.61 Å². The van der Waals surface area contributed by atoms with E-state index in [0.717, 1.165) is 0 Å². The lowest BCUT2D eigenvalue weighted by Gasteiger charge is -2.06. The number of alkyl halides is 2. The van der Waals surface area contributed by atoms with Crippen molar-refractivity contribution >= 4 is 17.9 Å². The van der Waals surface area contributed by atoms with Crippen LogP contribution in [-0.2, 0) is 16.1 Å². The average Bonchev–Trinajstić information content (AvgIpc) is 2.71. The Morgan fingerprint density at radius 2 is 2.10 bits per heavy atom. The van der Waals surface area contributed by atoms with E-state index in [1.165, 1.54) is 6.92 Å². The number of amides is 3. The van der Waals surface area contributed by atoms with Crippen LogP contribution in [0, 0.1) is 0 Å². The first kappa shape index (κ1) is 15.5. The highest BCUT2D eigenvalue weighted by Gasteiger charge is 2.28. The zero-order chi connectivity index (χ0) is 15.3. The van der Waals surface area contributed by atoms with Crippen molar-refractivity contribution in [3.05, 3.63) is 11.4 Å². The molecule has 0 aliphatic rings. The maximum absolute atomic E-state index is 12.9. The third-order valence-electron chi connectivity index (χ3n) is 2.00. The first-order valence-corrected chi connectivity index (χ1v) is 5.34. The summed E-state index contributed by atoms with van der Waals surface area (Å²) in [4.78, 5) is 33.1. The summed E-state index contributed by atoms with van der Waals surface area (Å²) in [6.45, 7) is 0.718. The minimum Gasteiger partial charge on any atom is -0.461 e. The fraction of sp³-hybridized carbons (Fsp3) is 0.444. The van der Waals surface area contributed by atoms with Crippen LogP contribution in [0.25, 0.3) is 0 Å². The monoisotopic (exact) mass is 291 g/mol. The van der Waals surface area contributed by atoms with Crippen LogP contribution in [0.3, 0.4) is 0 Å². The standard InChI is InChI=1S/C9H11F2N5O4/c1-2-20-8(18)5-6(7(10)11)16(15-14-5)3-4(17)13-9(12)19/h7H,2-3H2,1H3,(H3,12,13,17,19). The molecule has 11 heteroatoms. The van der Waals surface area contributed by atoms with E-state index in [9.17, 15) is 23.2 Å². The number of imide groups is 1. The van der Waals surface area contributed by atoms with E-state index in [0.29, 0.717) is 4.68 Å². The summed E-state index contributed by atoms with van der Waals surface area (Å²) >= 11 is 0. The summed E-state index contributed by atoms with van der Waals surface area (Å²) in [5.74, 6) is -2.05. The normalized spacial score (nSPS) is 10.4. The molecule has 0 spiro atoms. The molecule has 0 radical (unpaired) electrons. The molecular formula is C9H11F2N5O4. The third kappa shape index (κ3) is 3.70. The van der Waals surface area contributed by atoms with Crippen molar-refractivity contribution in [2.24, 2.45) is 5.73 Å². The number of primary amides is 1. The van der Waals surface area contributed by atoms with Gasteiger partial charge in [0.1, 0.15) is 12.2 Å². The number of esters is 1. The number of aromatic nitrogens is 3. The van der Waals surface area contributed by atoms with Gasteiger partial charge in [-0.25, -0.2) is 23.1 Å². The number of nitrogens with two attached hydrogens (primary N) is 1. The molecule has 3 N–H and O–H groups in total. The lowest BCUT2D eigenvalue weighted by atomic mass is 10.3. The molecule has 1 aromatic heterocycles. The fourth-order valence-electron chi connectivity index (χ4n) is 1.31. The van der Waals surface area contributed by atoms with Crippen molar-refractivity contribution in [1.82, 2.24) is 20.3 Å². The third-order valence-corrected chi connectivity index (χ3v) is 2.00. The number of nitrogens with one attached hydrogen (secondary N) is 1. The average molecular weight is 291 g/mol. The Labute approximate surface area is 111 Å². The van der Waals surface area contributed by atoms with E-state index in [-0.39, 0.29) is 6.61 Å². The topological polar surface area (TPSA) is 129 Å². The fourth-order valence-corrected chi connectivity index (χ4v) is 1.31. The zero-order valence-corrected chi connectivity index (χ0v) is 10.3. The number of ether oxygens (including phenoxy) is 1. The number of hydrogen-bond acceptors (Lipinski definition) is 6. The molecule has 0 unspecified atom stereocenters. The van der Waals surface area contributed by atoms with Gasteiger partial charge in [-0.2, -0.15) is 0 Å². The summed E-state index contributed by atoms with van der Waals surface area (Å²) in [5, 5.41) is 8.18. The number of rotatable bonds is 5. The van der Waals surface area contributed by atoms with E-state index < -0.39 is 42.3 Å². The summed E-state index contributed by atoms with van der Waals surface area (Å²) in [6.07, 6.45) is -3.11. The Balaban J connectivity index is 3.00. The van der Waals surface area contributed by atoms with Gasteiger partial charge in [0.25, 0.3) is 6.43 Å². The maximum atomic E-state index is 12.9. The highest BCUT2D eigenvalue weighted by atomic mass is 19.3. The lowest BCUT2D eigenvalue weighted by molar-refractivity contribution is -0.120. The molecule has 0 aromatic carbocycles. The van der Waals surface area contributed by atoms with Crippen LogP contribution in [0.5, 0.6) is 0 Å². The van der Waals surface area contributed by atoms with Crippen LogP contribution in [0.1, 0.15) is 29.5 Å². The molecule has 0 aliphatic carbocycles. The first-order valence-electron chi connectivity index (χ1n) is 5.34. The molecule has 20 heavy (non-hydrogen) atoms. The molecule has 0 saturated heterocycles. The quantitative estimate of drug-likeness (QED) is 0.709. The number of halogens is 2. The van der Waals surface area contributed by atoms with E-state index in [2.05, 4.69) is 15.0 Å². The van der Waals surface area contributed by atoms with Gasteiger partial charge in [0, 0.05) is 0 Å². The van der Waals surface area contributed by atoms with Crippen molar-refractivity contribution in [3.8, 4) is 0 Å². The molecule has 1 aromatic rings. The van der Waals surface area contributed by atoms with Crippen LogP contribution in [0.2, 0.25) is 0 Å². The lowest BCUT2D eigenvalue weighted by Crippen LogP contribution is -2.37. The van der Waals surface area contributed by atoms with E-state index >= 15 is 0 Å². The Kier molecular flexibility index (Phi) is 5.06. The Hall–Kier alpha value is -2.59. The molecule has 0 atom stereocenters. The van der Waals surface area contributed by atoms with Gasteiger partial charge in [-0.05, 0) is 6.92 Å². The molecule has 110 valence electrons. The number of hydrogen-bond donors (Lipinski definition) is 2. The van der Waals surface area contributed by atoms with Gasteiger partial charge < -0.3 is 10.5 Å². The minimum absolute atomic E-state index is 0.0312. The number of urea groups is 1. The molecule has 0 bridgehead atoms. The summed E-state index contributed by atoms with van der Waals surface area (Å²) < 4.78 is 30.8. The highest BCUT2D eigenvalue weighted by Crippen LogP contribution is 2.21. The highest BCUT2D eigenvalue weighted by molar-refractivity contribution is 5.93. The van der Waals surface area contributed by atoms with Gasteiger partial charge in [-0.15, -0.1) is 5.10 Å². The largest absolute Gasteiger partial charge is 0.461 e. The van der Waals surface area contributed by atoms with Crippen molar-refractivity contribution in [3.63, 3.8) is 0 Å². The van der Waals surface area contributed by atoms with Crippen molar-refractivity contribution in [2.45, 2.75) is 19.9 Å². The van der Waals surface area contributed by atoms with Crippen molar-refractivity contribution in [2.75, 3.05) is 6.61 Å². The van der Waals surface area contributed by atoms with Gasteiger partial charge in [-0.1, -0.05) is 5.21 Å². The SMILES string of the molecule is CCOC(=O)c1nnn(CC(=O)NC(N)=O)c1C(F)F. The Morgan fingerprint density at radius 1 is 1.45 bits per heavy atom. The van der Waals surface area contributed by atoms with Crippen LogP contribution in [0.15, 0.2) is 0 Å².